The SMILES string of the molecule is CCc1ccsc1CNc1cncc(C(=O)OC)n1. The molecule has 5 nitrogen and oxygen atoms in total. The number of carbonyl (C=O) groups excluding carboxylic acids is 1. The van der Waals surface area contributed by atoms with Gasteiger partial charge in [0.2, 0.25) is 0 Å². The number of methoxy groups -OCH3 is 1. The molecule has 0 unspecified atom stereocenters. The highest BCUT2D eigenvalue weighted by Crippen LogP contribution is 2.18. The molecule has 2 aromatic heterocycles. The van der Waals surface area contributed by atoms with Gasteiger partial charge in [-0.25, -0.2) is 9.78 Å². The maximum Gasteiger partial charge on any atom is 0.358 e. The normalized spacial score (nSPS) is 10.2. The van der Waals surface area contributed by atoms with Gasteiger partial charge in [-0.15, -0.1) is 11.3 Å². The van der Waals surface area contributed by atoms with Crippen molar-refractivity contribution in [2.45, 2.75) is 19.9 Å². The number of aromatic nitrogens is 2. The van der Waals surface area contributed by atoms with Crippen LogP contribution in [-0.4, -0.2) is 23.0 Å². The molecule has 0 radical (unpaired) electrons. The topological polar surface area (TPSA) is 64.1 Å². The van der Waals surface area contributed by atoms with E-state index in [1.54, 1.807) is 17.5 Å². The van der Waals surface area contributed by atoms with Crippen LogP contribution in [0.4, 0.5) is 5.82 Å². The number of nitrogens with zero attached hydrogens (tertiary/aromatic N) is 2. The van der Waals surface area contributed by atoms with Crippen molar-refractivity contribution in [2.24, 2.45) is 0 Å². The molecule has 0 fully saturated rings. The van der Waals surface area contributed by atoms with Gasteiger partial charge in [0.15, 0.2) is 5.69 Å². The van der Waals surface area contributed by atoms with Crippen LogP contribution in [0, 0.1) is 0 Å². The molecule has 2 rings (SSSR count). The predicted octanol–water partition coefficient (Wildman–Crippen LogP) is 2.50. The molecule has 0 saturated carbocycles. The third kappa shape index (κ3) is 3.29. The highest BCUT2D eigenvalue weighted by molar-refractivity contribution is 7.10. The lowest BCUT2D eigenvalue weighted by atomic mass is 10.2. The Balaban J connectivity index is 2.05. The second-order valence-electron chi connectivity index (χ2n) is 3.86. The van der Waals surface area contributed by atoms with Crippen LogP contribution in [0.15, 0.2) is 23.8 Å². The molecule has 2 aromatic rings. The lowest BCUT2D eigenvalue weighted by molar-refractivity contribution is 0.0593. The van der Waals surface area contributed by atoms with Crippen LogP contribution in [0.3, 0.4) is 0 Å². The van der Waals surface area contributed by atoms with Gasteiger partial charge in [0.05, 0.1) is 26.0 Å². The van der Waals surface area contributed by atoms with Crippen molar-refractivity contribution in [2.75, 3.05) is 12.4 Å². The van der Waals surface area contributed by atoms with Crippen molar-refractivity contribution in [1.29, 1.82) is 0 Å². The lowest BCUT2D eigenvalue weighted by Gasteiger charge is -2.06. The Morgan fingerprint density at radius 1 is 1.47 bits per heavy atom. The second-order valence-corrected chi connectivity index (χ2v) is 4.86. The average molecular weight is 277 g/mol. The van der Waals surface area contributed by atoms with Gasteiger partial charge in [-0.05, 0) is 23.4 Å². The Kier molecular flexibility index (Phi) is 4.46. The zero-order chi connectivity index (χ0) is 13.7. The number of anilines is 1. The molecule has 0 aliphatic rings. The molecule has 0 amide bonds. The summed E-state index contributed by atoms with van der Waals surface area (Å²) in [6.45, 7) is 2.81. The number of hydrogen-bond donors (Lipinski definition) is 1. The number of thiophene rings is 1. The number of hydrogen-bond acceptors (Lipinski definition) is 6. The third-order valence-electron chi connectivity index (χ3n) is 2.68. The molecule has 19 heavy (non-hydrogen) atoms. The quantitative estimate of drug-likeness (QED) is 0.851. The van der Waals surface area contributed by atoms with E-state index in [9.17, 15) is 4.79 Å². The summed E-state index contributed by atoms with van der Waals surface area (Å²) in [6.07, 6.45) is 3.99. The highest BCUT2D eigenvalue weighted by atomic mass is 32.1. The van der Waals surface area contributed by atoms with Crippen molar-refractivity contribution < 1.29 is 9.53 Å². The molecule has 0 saturated heterocycles. The van der Waals surface area contributed by atoms with E-state index in [2.05, 4.69) is 38.4 Å². The molecule has 0 spiro atoms. The first-order valence-electron chi connectivity index (χ1n) is 5.94. The fourth-order valence-electron chi connectivity index (χ4n) is 1.66. The molecule has 0 aliphatic heterocycles. The summed E-state index contributed by atoms with van der Waals surface area (Å²) < 4.78 is 4.61. The molecular weight excluding hydrogens is 262 g/mol. The van der Waals surface area contributed by atoms with Crippen LogP contribution < -0.4 is 5.32 Å². The Labute approximate surface area is 115 Å². The van der Waals surface area contributed by atoms with Gasteiger partial charge >= 0.3 is 5.97 Å². The minimum absolute atomic E-state index is 0.203. The predicted molar refractivity (Wildman–Crippen MR) is 74.4 cm³/mol. The maximum absolute atomic E-state index is 11.3. The summed E-state index contributed by atoms with van der Waals surface area (Å²) in [4.78, 5) is 20.7. The minimum atomic E-state index is -0.485. The van der Waals surface area contributed by atoms with E-state index in [-0.39, 0.29) is 5.69 Å². The van der Waals surface area contributed by atoms with E-state index in [0.717, 1.165) is 6.42 Å². The van der Waals surface area contributed by atoms with E-state index in [1.165, 1.54) is 23.7 Å². The van der Waals surface area contributed by atoms with Crippen LogP contribution in [0.1, 0.15) is 27.9 Å². The number of esters is 1. The first-order valence-corrected chi connectivity index (χ1v) is 6.82. The number of rotatable bonds is 5. The first kappa shape index (κ1) is 13.5. The Morgan fingerprint density at radius 2 is 2.32 bits per heavy atom. The largest absolute Gasteiger partial charge is 0.464 e. The fraction of sp³-hybridized carbons (Fsp3) is 0.308. The van der Waals surface area contributed by atoms with Crippen LogP contribution in [0.2, 0.25) is 0 Å². The maximum atomic E-state index is 11.3. The second kappa shape index (κ2) is 6.29. The molecule has 0 aliphatic carbocycles. The number of carbonyl (C=O) groups is 1. The van der Waals surface area contributed by atoms with Crippen molar-refractivity contribution in [3.8, 4) is 0 Å². The smallest absolute Gasteiger partial charge is 0.358 e. The molecular formula is C13H15N3O2S. The zero-order valence-electron chi connectivity index (χ0n) is 10.8. The number of ether oxygens (including phenoxy) is 1. The summed E-state index contributed by atoms with van der Waals surface area (Å²) in [5.41, 5.74) is 1.53. The molecule has 100 valence electrons. The van der Waals surface area contributed by atoms with E-state index < -0.39 is 5.97 Å². The Bertz CT molecular complexity index is 569. The molecule has 0 atom stereocenters. The lowest BCUT2D eigenvalue weighted by Crippen LogP contribution is -2.08. The van der Waals surface area contributed by atoms with Crippen LogP contribution >= 0.6 is 11.3 Å². The standard InChI is InChI=1S/C13H15N3O2S/c1-3-9-4-5-19-11(9)7-15-12-8-14-6-10(16-12)13(17)18-2/h4-6,8H,3,7H2,1-2H3,(H,15,16). The highest BCUT2D eigenvalue weighted by Gasteiger charge is 2.09. The van der Waals surface area contributed by atoms with Crippen LogP contribution in [0.5, 0.6) is 0 Å². The summed E-state index contributed by atoms with van der Waals surface area (Å²) in [5.74, 6) is 0.0832. The molecule has 1 N–H and O–H groups in total. The first-order chi connectivity index (χ1) is 9.24. The van der Waals surface area contributed by atoms with Gasteiger partial charge in [-0.2, -0.15) is 0 Å². The van der Waals surface area contributed by atoms with Crippen LogP contribution in [-0.2, 0) is 17.7 Å². The van der Waals surface area contributed by atoms with Gasteiger partial charge in [-0.3, -0.25) is 4.98 Å². The van der Waals surface area contributed by atoms with E-state index in [0.29, 0.717) is 12.4 Å². The Hall–Kier alpha value is -1.95. The summed E-state index contributed by atoms with van der Waals surface area (Å²) in [7, 11) is 1.32. The molecule has 6 heteroatoms. The monoisotopic (exact) mass is 277 g/mol. The van der Waals surface area contributed by atoms with Crippen molar-refractivity contribution in [3.63, 3.8) is 0 Å². The molecule has 2 heterocycles. The van der Waals surface area contributed by atoms with E-state index in [1.807, 2.05) is 0 Å². The van der Waals surface area contributed by atoms with Gasteiger partial charge in [0.25, 0.3) is 0 Å². The van der Waals surface area contributed by atoms with Gasteiger partial charge in [0.1, 0.15) is 5.82 Å². The van der Waals surface area contributed by atoms with E-state index in [4.69, 9.17) is 0 Å². The van der Waals surface area contributed by atoms with Crippen molar-refractivity contribution in [3.05, 3.63) is 40.0 Å². The van der Waals surface area contributed by atoms with Crippen molar-refractivity contribution in [1.82, 2.24) is 9.97 Å². The number of nitrogens with one attached hydrogen (secondary N) is 1. The van der Waals surface area contributed by atoms with Crippen molar-refractivity contribution >= 4 is 23.1 Å². The average Bonchev–Trinajstić information content (AvgIpc) is 2.92. The summed E-state index contributed by atoms with van der Waals surface area (Å²) in [5, 5.41) is 5.25. The molecule has 0 bridgehead atoms. The van der Waals surface area contributed by atoms with Gasteiger partial charge in [0, 0.05) is 4.88 Å². The Morgan fingerprint density at radius 3 is 3.05 bits per heavy atom. The fourth-order valence-corrected chi connectivity index (χ4v) is 2.58. The number of aryl methyl sites for hydroxylation is 1. The zero-order valence-corrected chi connectivity index (χ0v) is 11.7. The summed E-state index contributed by atoms with van der Waals surface area (Å²) in [6, 6.07) is 2.12. The van der Waals surface area contributed by atoms with Gasteiger partial charge < -0.3 is 10.1 Å². The minimum Gasteiger partial charge on any atom is -0.464 e. The third-order valence-corrected chi connectivity index (χ3v) is 3.64. The van der Waals surface area contributed by atoms with Gasteiger partial charge in [-0.1, -0.05) is 6.92 Å². The summed E-state index contributed by atoms with van der Waals surface area (Å²) >= 11 is 1.71. The molecule has 0 aromatic carbocycles. The van der Waals surface area contributed by atoms with Crippen LogP contribution in [0.25, 0.3) is 0 Å². The van der Waals surface area contributed by atoms with E-state index >= 15 is 0 Å².